The van der Waals surface area contributed by atoms with Crippen LogP contribution < -0.4 is 5.32 Å². The Morgan fingerprint density at radius 2 is 1.82 bits per heavy atom. The second-order valence-electron chi connectivity index (χ2n) is 9.51. The zero-order valence-electron chi connectivity index (χ0n) is 22.0. The number of carboxylic acid groups (broad SMARTS) is 1. The van der Waals surface area contributed by atoms with E-state index in [0.29, 0.717) is 43.2 Å². The lowest BCUT2D eigenvalue weighted by Gasteiger charge is -2.08. The van der Waals surface area contributed by atoms with Crippen LogP contribution in [0.2, 0.25) is 0 Å². The summed E-state index contributed by atoms with van der Waals surface area (Å²) in [6, 6.07) is 6.67. The van der Waals surface area contributed by atoms with Crippen molar-refractivity contribution < 1.29 is 32.6 Å². The van der Waals surface area contributed by atoms with Gasteiger partial charge in [-0.15, -0.1) is 11.3 Å². The SMILES string of the molecule is C/C(=C\c1c(F)cc(C(=O)Nc2nc(-c3cccc(CCCOCCCC(C)C)c3F)cs2)cc1F)C(=O)O. The number of benzene rings is 2. The molecule has 0 aliphatic rings. The van der Waals surface area contributed by atoms with Gasteiger partial charge in [-0.3, -0.25) is 10.1 Å². The lowest BCUT2D eigenvalue weighted by atomic mass is 10.0. The van der Waals surface area contributed by atoms with Crippen molar-refractivity contribution in [3.63, 3.8) is 0 Å². The van der Waals surface area contributed by atoms with Crippen LogP contribution in [0.1, 0.15) is 61.5 Å². The number of hydrogen-bond donors (Lipinski definition) is 2. The zero-order valence-corrected chi connectivity index (χ0v) is 22.8. The molecule has 0 fully saturated rings. The van der Waals surface area contributed by atoms with E-state index in [1.807, 2.05) is 0 Å². The summed E-state index contributed by atoms with van der Waals surface area (Å²) in [7, 11) is 0. The highest BCUT2D eigenvalue weighted by Gasteiger charge is 2.18. The molecule has 3 aromatic rings. The summed E-state index contributed by atoms with van der Waals surface area (Å²) in [5.74, 6) is -4.06. The van der Waals surface area contributed by atoms with Crippen molar-refractivity contribution in [1.29, 1.82) is 0 Å². The maximum absolute atomic E-state index is 15.2. The minimum Gasteiger partial charge on any atom is -0.478 e. The number of aromatic nitrogens is 1. The largest absolute Gasteiger partial charge is 0.478 e. The first kappa shape index (κ1) is 30.0. The summed E-state index contributed by atoms with van der Waals surface area (Å²) < 4.78 is 49.7. The Bertz CT molecular complexity index is 1330. The van der Waals surface area contributed by atoms with Gasteiger partial charge in [0.25, 0.3) is 5.91 Å². The quantitative estimate of drug-likeness (QED) is 0.169. The van der Waals surface area contributed by atoms with Gasteiger partial charge in [0.15, 0.2) is 5.13 Å². The van der Waals surface area contributed by atoms with Crippen LogP contribution in [0, 0.1) is 23.4 Å². The van der Waals surface area contributed by atoms with Gasteiger partial charge >= 0.3 is 5.97 Å². The predicted octanol–water partition coefficient (Wildman–Crippen LogP) is 7.35. The molecule has 1 heterocycles. The number of ether oxygens (including phenoxy) is 1. The zero-order chi connectivity index (χ0) is 28.5. The maximum Gasteiger partial charge on any atom is 0.331 e. The number of hydrogen-bond acceptors (Lipinski definition) is 5. The van der Waals surface area contributed by atoms with Crippen molar-refractivity contribution in [2.24, 2.45) is 5.92 Å². The van der Waals surface area contributed by atoms with E-state index >= 15 is 4.39 Å². The van der Waals surface area contributed by atoms with Crippen LogP contribution >= 0.6 is 11.3 Å². The van der Waals surface area contributed by atoms with E-state index in [2.05, 4.69) is 24.1 Å². The van der Waals surface area contributed by atoms with Crippen molar-refractivity contribution >= 4 is 34.4 Å². The molecular weight excluding hydrogens is 529 g/mol. The van der Waals surface area contributed by atoms with Gasteiger partial charge in [-0.1, -0.05) is 26.0 Å². The van der Waals surface area contributed by atoms with E-state index in [0.717, 1.165) is 42.4 Å². The monoisotopic (exact) mass is 560 g/mol. The average Bonchev–Trinajstić information content (AvgIpc) is 3.34. The number of carboxylic acids is 1. The maximum atomic E-state index is 15.2. The first-order valence-corrected chi connectivity index (χ1v) is 13.5. The molecule has 0 aliphatic heterocycles. The fourth-order valence-electron chi connectivity index (χ4n) is 3.79. The Morgan fingerprint density at radius 3 is 2.49 bits per heavy atom. The summed E-state index contributed by atoms with van der Waals surface area (Å²) in [6.07, 6.45) is 4.15. The number of rotatable bonds is 13. The molecule has 0 radical (unpaired) electrons. The van der Waals surface area contributed by atoms with Crippen LogP contribution in [-0.4, -0.2) is 35.2 Å². The van der Waals surface area contributed by atoms with Gasteiger partial charge in [-0.05, 0) is 68.4 Å². The number of aryl methyl sites for hydroxylation is 1. The van der Waals surface area contributed by atoms with Crippen LogP contribution in [-0.2, 0) is 16.0 Å². The normalized spacial score (nSPS) is 11.7. The number of halogens is 3. The van der Waals surface area contributed by atoms with Crippen LogP contribution in [0.4, 0.5) is 18.3 Å². The molecule has 39 heavy (non-hydrogen) atoms. The molecule has 0 unspecified atom stereocenters. The molecule has 2 N–H and O–H groups in total. The number of carbonyl (C=O) groups excluding carboxylic acids is 1. The van der Waals surface area contributed by atoms with Gasteiger partial charge in [0.05, 0.1) is 5.69 Å². The second kappa shape index (κ2) is 14.0. The first-order chi connectivity index (χ1) is 18.6. The van der Waals surface area contributed by atoms with E-state index in [1.165, 1.54) is 6.92 Å². The molecule has 0 saturated heterocycles. The number of thiazole rings is 1. The molecule has 3 rings (SSSR count). The minimum atomic E-state index is -1.32. The number of anilines is 1. The standard InChI is InChI=1S/C29H31F3N2O4S/c1-17(2)7-5-11-38-12-6-9-19-8-4-10-21(26(19)32)25-16-39-29(33-25)34-27(35)20-14-23(30)22(24(31)15-20)13-18(3)28(36)37/h4,8,10,13-17H,5-7,9,11-12H2,1-3H3,(H,36,37)(H,33,34,35)/b18-13+. The molecule has 0 atom stereocenters. The Kier molecular flexibility index (Phi) is 10.8. The van der Waals surface area contributed by atoms with E-state index in [9.17, 15) is 18.4 Å². The molecule has 0 aliphatic carbocycles. The third-order valence-electron chi connectivity index (χ3n) is 5.92. The van der Waals surface area contributed by atoms with Crippen LogP contribution in [0.15, 0.2) is 41.3 Å². The molecule has 0 bridgehead atoms. The number of nitrogens with one attached hydrogen (secondary N) is 1. The van der Waals surface area contributed by atoms with Crippen LogP contribution in [0.3, 0.4) is 0 Å². The predicted molar refractivity (Wildman–Crippen MR) is 146 cm³/mol. The summed E-state index contributed by atoms with van der Waals surface area (Å²) >= 11 is 1.04. The summed E-state index contributed by atoms with van der Waals surface area (Å²) in [5, 5.41) is 13.1. The minimum absolute atomic E-state index is 0.126. The van der Waals surface area contributed by atoms with E-state index in [-0.39, 0.29) is 21.8 Å². The van der Waals surface area contributed by atoms with E-state index in [1.54, 1.807) is 23.6 Å². The fourth-order valence-corrected chi connectivity index (χ4v) is 4.49. The van der Waals surface area contributed by atoms with Crippen LogP contribution in [0.5, 0.6) is 0 Å². The second-order valence-corrected chi connectivity index (χ2v) is 10.4. The van der Waals surface area contributed by atoms with Gasteiger partial charge in [-0.2, -0.15) is 0 Å². The Labute approximate surface area is 229 Å². The van der Waals surface area contributed by atoms with Crippen LogP contribution in [0.25, 0.3) is 17.3 Å². The first-order valence-electron chi connectivity index (χ1n) is 12.6. The lowest BCUT2D eigenvalue weighted by molar-refractivity contribution is -0.132. The number of carbonyl (C=O) groups is 2. The van der Waals surface area contributed by atoms with Gasteiger partial charge in [-0.25, -0.2) is 22.9 Å². The molecule has 1 aromatic heterocycles. The highest BCUT2D eigenvalue weighted by atomic mass is 32.1. The molecule has 0 spiro atoms. The Morgan fingerprint density at radius 1 is 1.13 bits per heavy atom. The topological polar surface area (TPSA) is 88.5 Å². The lowest BCUT2D eigenvalue weighted by Crippen LogP contribution is -2.13. The van der Waals surface area contributed by atoms with Crippen molar-refractivity contribution in [3.05, 3.63) is 75.4 Å². The summed E-state index contributed by atoms with van der Waals surface area (Å²) in [6.45, 7) is 6.78. The smallest absolute Gasteiger partial charge is 0.331 e. The van der Waals surface area contributed by atoms with Gasteiger partial charge < -0.3 is 9.84 Å². The van der Waals surface area contributed by atoms with Gasteiger partial charge in [0, 0.05) is 40.9 Å². The van der Waals surface area contributed by atoms with Crippen molar-refractivity contribution in [2.75, 3.05) is 18.5 Å². The number of amides is 1. The third-order valence-corrected chi connectivity index (χ3v) is 6.68. The molecule has 208 valence electrons. The van der Waals surface area contributed by atoms with Crippen molar-refractivity contribution in [3.8, 4) is 11.3 Å². The molecule has 0 saturated carbocycles. The van der Waals surface area contributed by atoms with Crippen molar-refractivity contribution in [1.82, 2.24) is 4.98 Å². The third kappa shape index (κ3) is 8.49. The van der Waals surface area contributed by atoms with Gasteiger partial charge in [0.1, 0.15) is 17.5 Å². The molecule has 6 nitrogen and oxygen atoms in total. The molecule has 1 amide bonds. The Hall–Kier alpha value is -3.50. The number of nitrogens with zero attached hydrogens (tertiary/aromatic N) is 1. The van der Waals surface area contributed by atoms with E-state index < -0.39 is 34.9 Å². The summed E-state index contributed by atoms with van der Waals surface area (Å²) in [5.41, 5.74) is 0.00496. The fraction of sp³-hybridized carbons (Fsp3) is 0.345. The molecule has 10 heteroatoms. The van der Waals surface area contributed by atoms with Gasteiger partial charge in [0.2, 0.25) is 0 Å². The molecular formula is C29H31F3N2O4S. The molecule has 2 aromatic carbocycles. The van der Waals surface area contributed by atoms with Crippen molar-refractivity contribution in [2.45, 2.75) is 46.5 Å². The highest BCUT2D eigenvalue weighted by molar-refractivity contribution is 7.14. The Balaban J connectivity index is 1.64. The summed E-state index contributed by atoms with van der Waals surface area (Å²) in [4.78, 5) is 27.8. The van der Waals surface area contributed by atoms with E-state index in [4.69, 9.17) is 9.84 Å². The number of aliphatic carboxylic acids is 1. The highest BCUT2D eigenvalue weighted by Crippen LogP contribution is 2.29. The average molecular weight is 561 g/mol.